The fraction of sp³-hybridized carbons (Fsp3) is 0.360. The number of rotatable bonds is 6. The number of carbonyl (C=O) groups is 1. The minimum Gasteiger partial charge on any atom is -0.457 e. The molecule has 1 unspecified atom stereocenters. The van der Waals surface area contributed by atoms with Crippen LogP contribution in [-0.4, -0.2) is 52.7 Å². The molecule has 0 saturated carbocycles. The summed E-state index contributed by atoms with van der Waals surface area (Å²) < 4.78 is 35.1. The fourth-order valence-electron chi connectivity index (χ4n) is 4.88. The number of para-hydroxylation sites is 1. The van der Waals surface area contributed by atoms with Crippen LogP contribution in [0.25, 0.3) is 0 Å². The summed E-state index contributed by atoms with van der Waals surface area (Å²) in [7, 11) is -1.98. The van der Waals surface area contributed by atoms with E-state index < -0.39 is 15.4 Å². The van der Waals surface area contributed by atoms with Gasteiger partial charge in [-0.1, -0.05) is 30.3 Å². The van der Waals surface area contributed by atoms with Crippen molar-refractivity contribution < 1.29 is 17.9 Å². The van der Waals surface area contributed by atoms with E-state index >= 15 is 0 Å². The molecule has 2 aliphatic rings. The normalized spacial score (nSPS) is 21.3. The van der Waals surface area contributed by atoms with Crippen LogP contribution in [0, 0.1) is 5.41 Å². The first-order valence-electron chi connectivity index (χ1n) is 11.5. The number of carbonyl (C=O) groups excluding carboxylic acids is 1. The van der Waals surface area contributed by atoms with Crippen LogP contribution in [-0.2, 0) is 28.4 Å². The van der Waals surface area contributed by atoms with Crippen molar-refractivity contribution in [2.45, 2.75) is 30.8 Å². The van der Waals surface area contributed by atoms with Gasteiger partial charge >= 0.3 is 0 Å². The lowest BCUT2D eigenvalue weighted by molar-refractivity contribution is -0.138. The van der Waals surface area contributed by atoms with Gasteiger partial charge in [0.1, 0.15) is 11.5 Å². The van der Waals surface area contributed by atoms with Crippen molar-refractivity contribution in [1.82, 2.24) is 18.8 Å². The van der Waals surface area contributed by atoms with Gasteiger partial charge in [0.15, 0.2) is 5.03 Å². The quantitative estimate of drug-likeness (QED) is 0.540. The van der Waals surface area contributed by atoms with Crippen molar-refractivity contribution in [3.05, 3.63) is 72.7 Å². The van der Waals surface area contributed by atoms with Gasteiger partial charge in [0.25, 0.3) is 10.0 Å². The Balaban J connectivity index is 1.25. The molecule has 1 atom stereocenters. The van der Waals surface area contributed by atoms with Crippen molar-refractivity contribution in [3.8, 4) is 11.5 Å². The molecule has 5 rings (SSSR count). The van der Waals surface area contributed by atoms with Crippen LogP contribution in [0.5, 0.6) is 11.5 Å². The second kappa shape index (κ2) is 8.88. The molecule has 3 heterocycles. The summed E-state index contributed by atoms with van der Waals surface area (Å²) in [4.78, 5) is 19.3. The van der Waals surface area contributed by atoms with Crippen LogP contribution < -0.4 is 4.74 Å². The van der Waals surface area contributed by atoms with Crippen LogP contribution >= 0.6 is 0 Å². The summed E-state index contributed by atoms with van der Waals surface area (Å²) in [5.41, 5.74) is 0.357. The van der Waals surface area contributed by atoms with E-state index in [0.717, 1.165) is 17.1 Å². The molecular weight excluding hydrogens is 452 g/mol. The first-order chi connectivity index (χ1) is 16.4. The van der Waals surface area contributed by atoms with Crippen molar-refractivity contribution >= 4 is 15.9 Å². The maximum atomic E-state index is 13.5. The first-order valence-corrected chi connectivity index (χ1v) is 12.9. The van der Waals surface area contributed by atoms with E-state index in [1.54, 1.807) is 11.6 Å². The molecular formula is C25H28N4O4S. The van der Waals surface area contributed by atoms with Crippen LogP contribution in [0.2, 0.25) is 0 Å². The van der Waals surface area contributed by atoms with Gasteiger partial charge in [0, 0.05) is 39.4 Å². The van der Waals surface area contributed by atoms with Gasteiger partial charge < -0.3 is 14.2 Å². The number of benzene rings is 2. The number of aryl methyl sites for hydroxylation is 1. The molecule has 8 nitrogen and oxygen atoms in total. The summed E-state index contributed by atoms with van der Waals surface area (Å²) in [6.07, 6.45) is 5.02. The van der Waals surface area contributed by atoms with Crippen molar-refractivity contribution in [2.75, 3.05) is 19.6 Å². The van der Waals surface area contributed by atoms with E-state index in [-0.39, 0.29) is 17.5 Å². The van der Waals surface area contributed by atoms with E-state index in [4.69, 9.17) is 4.74 Å². The molecule has 0 radical (unpaired) electrons. The molecule has 3 aromatic rings. The smallest absolute Gasteiger partial charge is 0.262 e. The topological polar surface area (TPSA) is 84.7 Å². The standard InChI is InChI=1S/C25H28N4O4S/c1-27-17-23(26-19-27)34(31,32)29-14-5-12-25(18-29)13-15-28(24(25)30)16-20-8-10-22(11-9-20)33-21-6-3-2-4-7-21/h2-4,6-11,17,19H,5,12-16,18H2,1H3. The molecule has 9 heteroatoms. The fourth-order valence-corrected chi connectivity index (χ4v) is 6.41. The number of likely N-dealkylation sites (tertiary alicyclic amines) is 1. The summed E-state index contributed by atoms with van der Waals surface area (Å²) in [5.74, 6) is 1.55. The summed E-state index contributed by atoms with van der Waals surface area (Å²) >= 11 is 0. The Labute approximate surface area is 199 Å². The molecule has 1 spiro atoms. The summed E-state index contributed by atoms with van der Waals surface area (Å²) in [6.45, 7) is 1.75. The Morgan fingerprint density at radius 3 is 2.44 bits per heavy atom. The number of sulfonamides is 1. The van der Waals surface area contributed by atoms with Crippen LogP contribution in [0.4, 0.5) is 0 Å². The predicted octanol–water partition coefficient (Wildman–Crippen LogP) is 3.42. The number of aromatic nitrogens is 2. The molecule has 1 aromatic heterocycles. The Hall–Kier alpha value is -3.17. The van der Waals surface area contributed by atoms with E-state index in [1.165, 1.54) is 16.8 Å². The minimum absolute atomic E-state index is 0.0344. The van der Waals surface area contributed by atoms with E-state index in [2.05, 4.69) is 4.98 Å². The van der Waals surface area contributed by atoms with Crippen molar-refractivity contribution in [1.29, 1.82) is 0 Å². The zero-order valence-electron chi connectivity index (χ0n) is 19.1. The van der Waals surface area contributed by atoms with Gasteiger partial charge in [-0.15, -0.1) is 0 Å². The lowest BCUT2D eigenvalue weighted by atomic mass is 9.79. The zero-order valence-corrected chi connectivity index (χ0v) is 19.9. The Morgan fingerprint density at radius 2 is 1.74 bits per heavy atom. The molecule has 178 valence electrons. The summed E-state index contributed by atoms with van der Waals surface area (Å²) in [5, 5.41) is 0.0344. The number of nitrogens with zero attached hydrogens (tertiary/aromatic N) is 4. The third-order valence-electron chi connectivity index (χ3n) is 6.70. The maximum absolute atomic E-state index is 13.5. The SMILES string of the molecule is Cn1cnc(S(=O)(=O)N2CCCC3(CCN(Cc4ccc(Oc5ccccc5)cc4)C3=O)C2)c1. The highest BCUT2D eigenvalue weighted by Gasteiger charge is 2.50. The number of hydrogen-bond donors (Lipinski definition) is 0. The molecule has 34 heavy (non-hydrogen) atoms. The van der Waals surface area contributed by atoms with Gasteiger partial charge in [-0.3, -0.25) is 4.79 Å². The van der Waals surface area contributed by atoms with Crippen molar-refractivity contribution in [3.63, 3.8) is 0 Å². The zero-order chi connectivity index (χ0) is 23.8. The average molecular weight is 481 g/mol. The van der Waals surface area contributed by atoms with Crippen LogP contribution in [0.3, 0.4) is 0 Å². The monoisotopic (exact) mass is 480 g/mol. The second-order valence-electron chi connectivity index (χ2n) is 9.14. The van der Waals surface area contributed by atoms with Gasteiger partial charge in [-0.25, -0.2) is 13.4 Å². The number of piperidine rings is 1. The predicted molar refractivity (Wildman–Crippen MR) is 127 cm³/mol. The molecule has 2 saturated heterocycles. The molecule has 0 aliphatic carbocycles. The molecule has 0 bridgehead atoms. The minimum atomic E-state index is -3.72. The van der Waals surface area contributed by atoms with E-state index in [0.29, 0.717) is 38.9 Å². The molecule has 2 aliphatic heterocycles. The molecule has 2 fully saturated rings. The van der Waals surface area contributed by atoms with Crippen LogP contribution in [0.1, 0.15) is 24.8 Å². The van der Waals surface area contributed by atoms with Crippen LogP contribution in [0.15, 0.2) is 72.1 Å². The highest BCUT2D eigenvalue weighted by Crippen LogP contribution is 2.42. The lowest BCUT2D eigenvalue weighted by Gasteiger charge is -2.37. The first kappa shape index (κ1) is 22.6. The van der Waals surface area contributed by atoms with Gasteiger partial charge in [0.2, 0.25) is 5.91 Å². The Kier molecular flexibility index (Phi) is 5.91. The Bertz CT molecular complexity index is 1270. The average Bonchev–Trinajstić information content (AvgIpc) is 3.41. The third kappa shape index (κ3) is 4.33. The third-order valence-corrected chi connectivity index (χ3v) is 8.44. The van der Waals surface area contributed by atoms with E-state index in [9.17, 15) is 13.2 Å². The largest absolute Gasteiger partial charge is 0.457 e. The second-order valence-corrected chi connectivity index (χ2v) is 11.0. The van der Waals surface area contributed by atoms with Gasteiger partial charge in [0.05, 0.1) is 11.7 Å². The summed E-state index contributed by atoms with van der Waals surface area (Å²) in [6, 6.07) is 17.3. The lowest BCUT2D eigenvalue weighted by Crippen LogP contribution is -2.49. The maximum Gasteiger partial charge on any atom is 0.262 e. The van der Waals surface area contributed by atoms with Crippen molar-refractivity contribution in [2.24, 2.45) is 12.5 Å². The highest BCUT2D eigenvalue weighted by atomic mass is 32.2. The van der Waals surface area contributed by atoms with Gasteiger partial charge in [-0.05, 0) is 49.1 Å². The number of ether oxygens (including phenoxy) is 1. The van der Waals surface area contributed by atoms with E-state index in [1.807, 2.05) is 59.5 Å². The molecule has 2 aromatic carbocycles. The molecule has 1 amide bonds. The number of hydrogen-bond acceptors (Lipinski definition) is 5. The highest BCUT2D eigenvalue weighted by molar-refractivity contribution is 7.89. The number of amides is 1. The number of imidazole rings is 1. The Morgan fingerprint density at radius 1 is 1.00 bits per heavy atom. The molecule has 0 N–H and O–H groups in total. The van der Waals surface area contributed by atoms with Gasteiger partial charge in [-0.2, -0.15) is 4.31 Å².